The maximum atomic E-state index is 11.4. The number of aromatic nitrogens is 2. The second-order valence-corrected chi connectivity index (χ2v) is 2.86. The molecule has 0 spiro atoms. The fourth-order valence-corrected chi connectivity index (χ4v) is 1.32. The maximum Gasteiger partial charge on any atom is 0.247 e. The third-order valence-corrected chi connectivity index (χ3v) is 2.02. The molecule has 0 aliphatic rings. The predicted molar refractivity (Wildman–Crippen MR) is 50.7 cm³/mol. The first-order chi connectivity index (χ1) is 6.33. The summed E-state index contributed by atoms with van der Waals surface area (Å²) in [6.45, 7) is 1.83. The molecule has 0 aliphatic heterocycles. The lowest BCUT2D eigenvalue weighted by molar-refractivity contribution is 0.0899. The number of hydrogen-bond acceptors (Lipinski definition) is 2. The molecule has 0 saturated heterocycles. The molecule has 0 bridgehead atoms. The molecule has 0 saturated carbocycles. The van der Waals surface area contributed by atoms with Crippen molar-refractivity contribution < 1.29 is 4.79 Å². The number of para-hydroxylation sites is 1. The smallest absolute Gasteiger partial charge is 0.247 e. The van der Waals surface area contributed by atoms with Gasteiger partial charge in [-0.1, -0.05) is 25.1 Å². The second kappa shape index (κ2) is 3.01. The number of benzene rings is 1. The third-order valence-electron chi connectivity index (χ3n) is 2.02. The standard InChI is InChI=1S/C10H10N2O/c1-2-10(13)12-9-6-4-3-5-8(9)7-11-12/h3-7H,2H2,1H3. The normalized spacial score (nSPS) is 10.5. The van der Waals surface area contributed by atoms with Crippen LogP contribution >= 0.6 is 0 Å². The summed E-state index contributed by atoms with van der Waals surface area (Å²) in [5, 5.41) is 5.04. The van der Waals surface area contributed by atoms with Gasteiger partial charge in [0.15, 0.2) is 0 Å². The number of fused-ring (bicyclic) bond motifs is 1. The van der Waals surface area contributed by atoms with Crippen LogP contribution in [0.5, 0.6) is 0 Å². The van der Waals surface area contributed by atoms with Crippen LogP contribution in [0.4, 0.5) is 0 Å². The Morgan fingerprint density at radius 3 is 3.00 bits per heavy atom. The van der Waals surface area contributed by atoms with Crippen LogP contribution in [0.3, 0.4) is 0 Å². The van der Waals surface area contributed by atoms with Crippen molar-refractivity contribution in [1.82, 2.24) is 9.78 Å². The molecular weight excluding hydrogens is 164 g/mol. The first kappa shape index (κ1) is 7.98. The number of carbonyl (C=O) groups excluding carboxylic acids is 1. The van der Waals surface area contributed by atoms with Gasteiger partial charge in [0.2, 0.25) is 5.91 Å². The van der Waals surface area contributed by atoms with Crippen LogP contribution in [-0.2, 0) is 0 Å². The Balaban J connectivity index is 2.64. The molecule has 13 heavy (non-hydrogen) atoms. The lowest BCUT2D eigenvalue weighted by Crippen LogP contribution is -2.09. The average Bonchev–Trinajstić information content (AvgIpc) is 2.60. The average molecular weight is 174 g/mol. The summed E-state index contributed by atoms with van der Waals surface area (Å²) in [7, 11) is 0. The molecule has 0 amide bonds. The van der Waals surface area contributed by atoms with Gasteiger partial charge in [0, 0.05) is 11.8 Å². The highest BCUT2D eigenvalue weighted by Gasteiger charge is 2.06. The Kier molecular flexibility index (Phi) is 1.85. The molecule has 0 aliphatic carbocycles. The van der Waals surface area contributed by atoms with Gasteiger partial charge in [0.25, 0.3) is 0 Å². The zero-order valence-corrected chi connectivity index (χ0v) is 7.40. The predicted octanol–water partition coefficient (Wildman–Crippen LogP) is 2.09. The fourth-order valence-electron chi connectivity index (χ4n) is 1.32. The molecule has 66 valence electrons. The monoisotopic (exact) mass is 174 g/mol. The van der Waals surface area contributed by atoms with E-state index in [1.54, 1.807) is 6.20 Å². The third kappa shape index (κ3) is 1.22. The van der Waals surface area contributed by atoms with Crippen LogP contribution in [0.2, 0.25) is 0 Å². The van der Waals surface area contributed by atoms with Crippen molar-refractivity contribution in [2.24, 2.45) is 0 Å². The van der Waals surface area contributed by atoms with Gasteiger partial charge in [-0.05, 0) is 6.07 Å². The minimum absolute atomic E-state index is 0.0289. The van der Waals surface area contributed by atoms with Crippen LogP contribution in [0, 0.1) is 0 Å². The second-order valence-electron chi connectivity index (χ2n) is 2.86. The van der Waals surface area contributed by atoms with Crippen molar-refractivity contribution in [2.75, 3.05) is 0 Å². The minimum atomic E-state index is 0.0289. The van der Waals surface area contributed by atoms with Gasteiger partial charge < -0.3 is 0 Å². The Morgan fingerprint density at radius 1 is 1.46 bits per heavy atom. The summed E-state index contributed by atoms with van der Waals surface area (Å²) < 4.78 is 1.45. The highest BCUT2D eigenvalue weighted by Crippen LogP contribution is 2.12. The van der Waals surface area contributed by atoms with E-state index in [0.717, 1.165) is 10.9 Å². The highest BCUT2D eigenvalue weighted by atomic mass is 16.2. The summed E-state index contributed by atoms with van der Waals surface area (Å²) in [5.74, 6) is 0.0289. The van der Waals surface area contributed by atoms with Gasteiger partial charge in [-0.3, -0.25) is 4.79 Å². The first-order valence-corrected chi connectivity index (χ1v) is 4.29. The van der Waals surface area contributed by atoms with Gasteiger partial charge in [-0.25, -0.2) is 4.68 Å². The molecule has 1 aromatic carbocycles. The van der Waals surface area contributed by atoms with E-state index < -0.39 is 0 Å². The molecule has 3 heteroatoms. The molecule has 0 fully saturated rings. The van der Waals surface area contributed by atoms with Crippen LogP contribution < -0.4 is 0 Å². The minimum Gasteiger partial charge on any atom is -0.273 e. The molecule has 2 aromatic rings. The first-order valence-electron chi connectivity index (χ1n) is 4.29. The fraction of sp³-hybridized carbons (Fsp3) is 0.200. The van der Waals surface area contributed by atoms with Crippen LogP contribution in [-0.4, -0.2) is 15.7 Å². The quantitative estimate of drug-likeness (QED) is 0.663. The summed E-state index contributed by atoms with van der Waals surface area (Å²) in [6.07, 6.45) is 2.19. The molecule has 2 rings (SSSR count). The van der Waals surface area contributed by atoms with E-state index in [4.69, 9.17) is 0 Å². The van der Waals surface area contributed by atoms with E-state index in [0.29, 0.717) is 6.42 Å². The molecule has 3 nitrogen and oxygen atoms in total. The van der Waals surface area contributed by atoms with Gasteiger partial charge in [-0.15, -0.1) is 0 Å². The molecule has 0 radical (unpaired) electrons. The van der Waals surface area contributed by atoms with E-state index in [-0.39, 0.29) is 5.91 Å². The van der Waals surface area contributed by atoms with Crippen molar-refractivity contribution in [3.05, 3.63) is 30.5 Å². The van der Waals surface area contributed by atoms with Crippen molar-refractivity contribution in [2.45, 2.75) is 13.3 Å². The Bertz CT molecular complexity index is 445. The van der Waals surface area contributed by atoms with Crippen molar-refractivity contribution in [1.29, 1.82) is 0 Å². The van der Waals surface area contributed by atoms with Gasteiger partial charge >= 0.3 is 0 Å². The molecule has 0 atom stereocenters. The summed E-state index contributed by atoms with van der Waals surface area (Å²) in [5.41, 5.74) is 0.884. The number of nitrogens with zero attached hydrogens (tertiary/aromatic N) is 2. The van der Waals surface area contributed by atoms with Gasteiger partial charge in [0.05, 0.1) is 11.7 Å². The number of carbonyl (C=O) groups is 1. The van der Waals surface area contributed by atoms with E-state index in [2.05, 4.69) is 5.10 Å². The molecule has 0 unspecified atom stereocenters. The maximum absolute atomic E-state index is 11.4. The lowest BCUT2D eigenvalue weighted by atomic mass is 10.2. The topological polar surface area (TPSA) is 34.9 Å². The van der Waals surface area contributed by atoms with Crippen LogP contribution in [0.15, 0.2) is 30.5 Å². The zero-order chi connectivity index (χ0) is 9.26. The lowest BCUT2D eigenvalue weighted by Gasteiger charge is -1.97. The molecule has 1 heterocycles. The van der Waals surface area contributed by atoms with Crippen LogP contribution in [0.1, 0.15) is 18.1 Å². The molecule has 0 N–H and O–H groups in total. The van der Waals surface area contributed by atoms with Crippen molar-refractivity contribution >= 4 is 16.8 Å². The summed E-state index contributed by atoms with van der Waals surface area (Å²) >= 11 is 0. The highest BCUT2D eigenvalue weighted by molar-refractivity contribution is 5.90. The van der Waals surface area contributed by atoms with E-state index in [1.807, 2.05) is 31.2 Å². The van der Waals surface area contributed by atoms with Crippen molar-refractivity contribution in [3.8, 4) is 0 Å². The molecule has 1 aromatic heterocycles. The largest absolute Gasteiger partial charge is 0.273 e. The van der Waals surface area contributed by atoms with E-state index in [1.165, 1.54) is 4.68 Å². The van der Waals surface area contributed by atoms with Gasteiger partial charge in [0.1, 0.15) is 0 Å². The van der Waals surface area contributed by atoms with Crippen molar-refractivity contribution in [3.63, 3.8) is 0 Å². The number of rotatable bonds is 1. The number of hydrogen-bond donors (Lipinski definition) is 0. The van der Waals surface area contributed by atoms with Gasteiger partial charge in [-0.2, -0.15) is 5.10 Å². The zero-order valence-electron chi connectivity index (χ0n) is 7.40. The summed E-state index contributed by atoms with van der Waals surface area (Å²) in [4.78, 5) is 11.4. The SMILES string of the molecule is CCC(=O)n1ncc2ccccc21. The van der Waals surface area contributed by atoms with E-state index in [9.17, 15) is 4.79 Å². The Labute approximate surface area is 76.0 Å². The van der Waals surface area contributed by atoms with Crippen LogP contribution in [0.25, 0.3) is 10.9 Å². The Morgan fingerprint density at radius 2 is 2.23 bits per heavy atom. The van der Waals surface area contributed by atoms with E-state index >= 15 is 0 Å². The molecular formula is C10H10N2O. The Hall–Kier alpha value is -1.64. The summed E-state index contributed by atoms with van der Waals surface area (Å²) in [6, 6.07) is 7.69.